The van der Waals surface area contributed by atoms with Crippen molar-refractivity contribution >= 4 is 27.5 Å². The van der Waals surface area contributed by atoms with Crippen molar-refractivity contribution in [2.45, 2.75) is 40.2 Å². The van der Waals surface area contributed by atoms with Crippen LogP contribution in [0.4, 0.5) is 0 Å². The van der Waals surface area contributed by atoms with Crippen LogP contribution in [0, 0.1) is 20.8 Å². The smallest absolute Gasteiger partial charge is 0.303 e. The molecule has 0 amide bonds. The molecule has 1 N–H and O–H groups in total. The van der Waals surface area contributed by atoms with Crippen molar-refractivity contribution in [1.82, 2.24) is 9.55 Å². The van der Waals surface area contributed by atoms with Gasteiger partial charge in [0.25, 0.3) is 5.56 Å². The first-order valence-corrected chi connectivity index (χ1v) is 11.1. The highest BCUT2D eigenvalue weighted by Crippen LogP contribution is 2.34. The molecule has 0 radical (unpaired) electrons. The van der Waals surface area contributed by atoms with Crippen molar-refractivity contribution in [1.29, 1.82) is 0 Å². The summed E-state index contributed by atoms with van der Waals surface area (Å²) in [6.07, 6.45) is 0.371. The van der Waals surface area contributed by atoms with Crippen molar-refractivity contribution in [3.8, 4) is 22.5 Å². The Balaban J connectivity index is 1.93. The normalized spacial score (nSPS) is 11.2. The topological polar surface area (TPSA) is 72.2 Å². The van der Waals surface area contributed by atoms with Crippen LogP contribution in [0.25, 0.3) is 32.7 Å². The first-order valence-electron chi connectivity index (χ1n) is 10.2. The van der Waals surface area contributed by atoms with E-state index in [0.29, 0.717) is 29.0 Å². The molecule has 0 saturated carbocycles. The second kappa shape index (κ2) is 8.47. The van der Waals surface area contributed by atoms with Gasteiger partial charge in [0.15, 0.2) is 0 Å². The first-order chi connectivity index (χ1) is 14.8. The van der Waals surface area contributed by atoms with Gasteiger partial charge in [0.2, 0.25) is 0 Å². The van der Waals surface area contributed by atoms with Gasteiger partial charge in [-0.3, -0.25) is 14.2 Å². The van der Waals surface area contributed by atoms with Crippen LogP contribution in [-0.4, -0.2) is 20.6 Å². The highest BCUT2D eigenvalue weighted by molar-refractivity contribution is 7.17. The molecular weight excluding hydrogens is 408 g/mol. The number of benzene rings is 2. The maximum absolute atomic E-state index is 13.7. The Bertz CT molecular complexity index is 1330. The lowest BCUT2D eigenvalue weighted by Crippen LogP contribution is -2.24. The molecule has 0 fully saturated rings. The lowest BCUT2D eigenvalue weighted by molar-refractivity contribution is -0.137. The summed E-state index contributed by atoms with van der Waals surface area (Å²) in [4.78, 5) is 30.3. The number of aliphatic carboxylic acids is 1. The van der Waals surface area contributed by atoms with E-state index in [1.807, 2.05) is 62.5 Å². The van der Waals surface area contributed by atoms with Crippen LogP contribution < -0.4 is 5.56 Å². The number of carboxylic acids is 1. The summed E-state index contributed by atoms with van der Waals surface area (Å²) in [5.74, 6) is -0.289. The van der Waals surface area contributed by atoms with Gasteiger partial charge in [-0.2, -0.15) is 0 Å². The molecule has 0 spiro atoms. The van der Waals surface area contributed by atoms with E-state index in [4.69, 9.17) is 10.1 Å². The van der Waals surface area contributed by atoms with Gasteiger partial charge in [-0.15, -0.1) is 11.3 Å². The number of thiophene rings is 1. The van der Waals surface area contributed by atoms with E-state index in [9.17, 15) is 9.59 Å². The average molecular weight is 433 g/mol. The highest BCUT2D eigenvalue weighted by Gasteiger charge is 2.19. The molecule has 2 heterocycles. The minimum Gasteiger partial charge on any atom is -0.481 e. The summed E-state index contributed by atoms with van der Waals surface area (Å²) in [6, 6.07) is 14.1. The van der Waals surface area contributed by atoms with Crippen LogP contribution >= 0.6 is 11.3 Å². The number of carbonyl (C=O) groups is 1. The number of hydrogen-bond acceptors (Lipinski definition) is 4. The number of aryl methyl sites for hydroxylation is 3. The fourth-order valence-corrected chi connectivity index (χ4v) is 4.79. The summed E-state index contributed by atoms with van der Waals surface area (Å²) >= 11 is 1.47. The van der Waals surface area contributed by atoms with Gasteiger partial charge in [0.05, 0.1) is 5.39 Å². The number of fused-ring (bicyclic) bond motifs is 1. The Morgan fingerprint density at radius 2 is 1.74 bits per heavy atom. The van der Waals surface area contributed by atoms with Crippen molar-refractivity contribution in [3.63, 3.8) is 0 Å². The Kier molecular flexibility index (Phi) is 5.74. The van der Waals surface area contributed by atoms with Gasteiger partial charge >= 0.3 is 5.97 Å². The van der Waals surface area contributed by atoms with E-state index in [2.05, 4.69) is 6.07 Å². The third-order valence-corrected chi connectivity index (χ3v) is 6.32. The molecule has 6 heteroatoms. The van der Waals surface area contributed by atoms with E-state index in [-0.39, 0.29) is 12.0 Å². The summed E-state index contributed by atoms with van der Waals surface area (Å²) in [5, 5.41) is 11.7. The van der Waals surface area contributed by atoms with Gasteiger partial charge < -0.3 is 5.11 Å². The lowest BCUT2D eigenvalue weighted by Gasteiger charge is -2.13. The predicted molar refractivity (Wildman–Crippen MR) is 126 cm³/mol. The van der Waals surface area contributed by atoms with Crippen molar-refractivity contribution in [3.05, 3.63) is 74.9 Å². The molecule has 0 bridgehead atoms. The molecule has 4 aromatic rings. The average Bonchev–Trinajstić information content (AvgIpc) is 3.14. The molecule has 0 atom stereocenters. The highest BCUT2D eigenvalue weighted by atomic mass is 32.1. The van der Waals surface area contributed by atoms with E-state index in [1.165, 1.54) is 16.9 Å². The maximum Gasteiger partial charge on any atom is 0.303 e. The molecule has 5 nitrogen and oxygen atoms in total. The van der Waals surface area contributed by atoms with Gasteiger partial charge in [0.1, 0.15) is 10.7 Å². The lowest BCUT2D eigenvalue weighted by atomic mass is 9.99. The summed E-state index contributed by atoms with van der Waals surface area (Å²) in [7, 11) is 0. The van der Waals surface area contributed by atoms with Gasteiger partial charge in [-0.05, 0) is 38.3 Å². The number of hydrogen-bond donors (Lipinski definition) is 1. The summed E-state index contributed by atoms with van der Waals surface area (Å²) in [5.41, 5.74) is 6.04. The Morgan fingerprint density at radius 3 is 2.42 bits per heavy atom. The van der Waals surface area contributed by atoms with Crippen molar-refractivity contribution in [2.75, 3.05) is 0 Å². The molecule has 158 valence electrons. The molecule has 0 aliphatic carbocycles. The zero-order chi connectivity index (χ0) is 22.1. The van der Waals surface area contributed by atoms with Crippen LogP contribution in [0.3, 0.4) is 0 Å². The largest absolute Gasteiger partial charge is 0.481 e. The molecule has 31 heavy (non-hydrogen) atoms. The molecule has 0 aliphatic heterocycles. The second-order valence-electron chi connectivity index (χ2n) is 7.90. The third kappa shape index (κ3) is 4.16. The van der Waals surface area contributed by atoms with Gasteiger partial charge in [0, 0.05) is 29.5 Å². The number of nitrogens with zero attached hydrogens (tertiary/aromatic N) is 2. The van der Waals surface area contributed by atoms with Gasteiger partial charge in [-0.25, -0.2) is 4.98 Å². The van der Waals surface area contributed by atoms with Crippen molar-refractivity contribution < 1.29 is 9.90 Å². The molecule has 4 rings (SSSR count). The predicted octanol–water partition coefficient (Wildman–Crippen LogP) is 5.58. The van der Waals surface area contributed by atoms with Crippen molar-refractivity contribution in [2.24, 2.45) is 0 Å². The zero-order valence-electron chi connectivity index (χ0n) is 17.8. The molecule has 0 unspecified atom stereocenters. The Labute approximate surface area is 184 Å². The monoisotopic (exact) mass is 432 g/mol. The second-order valence-corrected chi connectivity index (χ2v) is 8.76. The van der Waals surface area contributed by atoms with E-state index in [1.54, 1.807) is 4.57 Å². The SMILES string of the molecule is Cc1ccc(-c2nc3scc(-c4ccc(C)cc4C)c3c(=O)n2CCCC(=O)O)cc1. The van der Waals surface area contributed by atoms with Crippen LogP contribution in [-0.2, 0) is 11.3 Å². The van der Waals surface area contributed by atoms with Crippen LogP contribution in [0.15, 0.2) is 52.6 Å². The molecule has 0 saturated heterocycles. The zero-order valence-corrected chi connectivity index (χ0v) is 18.6. The third-order valence-electron chi connectivity index (χ3n) is 5.45. The number of rotatable bonds is 6. The Hall–Kier alpha value is -3.25. The molecular formula is C25H24N2O3S. The molecule has 2 aromatic carbocycles. The summed E-state index contributed by atoms with van der Waals surface area (Å²) in [6.45, 7) is 6.41. The van der Waals surface area contributed by atoms with Crippen LogP contribution in [0.2, 0.25) is 0 Å². The molecule has 0 aliphatic rings. The standard InChI is InChI=1S/C25H24N2O3S/c1-15-6-9-18(10-7-15)23-26-24-22(25(30)27(23)12-4-5-21(28)29)20(14-31-24)19-11-8-16(2)13-17(19)3/h6-11,13-14H,4-5,12H2,1-3H3,(H,28,29). The minimum atomic E-state index is -0.870. The Morgan fingerprint density at radius 1 is 1.03 bits per heavy atom. The van der Waals surface area contributed by atoms with Gasteiger partial charge in [-0.1, -0.05) is 53.6 Å². The summed E-state index contributed by atoms with van der Waals surface area (Å²) < 4.78 is 1.63. The fraction of sp³-hybridized carbons (Fsp3) is 0.240. The van der Waals surface area contributed by atoms with Crippen LogP contribution in [0.1, 0.15) is 29.5 Å². The quantitative estimate of drug-likeness (QED) is 0.432. The minimum absolute atomic E-state index is 0.00534. The molecule has 2 aromatic heterocycles. The fourth-order valence-electron chi connectivity index (χ4n) is 3.86. The van der Waals surface area contributed by atoms with Crippen LogP contribution in [0.5, 0.6) is 0 Å². The first kappa shape index (κ1) is 21.0. The number of aromatic nitrogens is 2. The maximum atomic E-state index is 13.7. The van der Waals surface area contributed by atoms with E-state index in [0.717, 1.165) is 27.8 Å². The van der Waals surface area contributed by atoms with E-state index < -0.39 is 5.97 Å². The number of carboxylic acid groups (broad SMARTS) is 1. The van der Waals surface area contributed by atoms with E-state index >= 15 is 0 Å².